The van der Waals surface area contributed by atoms with E-state index in [1.54, 1.807) is 30.3 Å². The Hall–Kier alpha value is -3.19. The summed E-state index contributed by atoms with van der Waals surface area (Å²) >= 11 is 1.47. The Morgan fingerprint density at radius 1 is 1.11 bits per heavy atom. The lowest BCUT2D eigenvalue weighted by molar-refractivity contribution is 0.603. The molecule has 0 unspecified atom stereocenters. The highest BCUT2D eigenvalue weighted by Gasteiger charge is 2.21. The van der Waals surface area contributed by atoms with Crippen LogP contribution >= 0.6 is 11.3 Å². The largest absolute Gasteiger partial charge is 0.283 e. The van der Waals surface area contributed by atoms with E-state index in [2.05, 4.69) is 10.9 Å². The summed E-state index contributed by atoms with van der Waals surface area (Å²) in [4.78, 5) is 4.20. The monoisotopic (exact) mass is 390 g/mol. The number of benzene rings is 2. The topological polar surface area (TPSA) is 62.3 Å². The fraction of sp³-hybridized carbons (Fsp3) is 0.0476. The number of thiophene rings is 1. The van der Waals surface area contributed by atoms with Crippen molar-refractivity contribution in [2.24, 2.45) is 0 Å². The normalized spacial score (nSPS) is 11.6. The van der Waals surface area contributed by atoms with Crippen molar-refractivity contribution in [3.8, 4) is 16.5 Å². The fourth-order valence-electron chi connectivity index (χ4n) is 2.50. The predicted molar refractivity (Wildman–Crippen MR) is 107 cm³/mol. The smallest absolute Gasteiger partial charge is 0.230 e. The lowest BCUT2D eigenvalue weighted by Gasteiger charge is -2.04. The summed E-state index contributed by atoms with van der Waals surface area (Å²) in [6.07, 6.45) is 1.37. The molecule has 0 aliphatic heterocycles. The number of hydrogen-bond donors (Lipinski definition) is 0. The molecule has 3 aromatic rings. The summed E-state index contributed by atoms with van der Waals surface area (Å²) < 4.78 is 25.4. The molecule has 0 N–H and O–H groups in total. The third-order valence-corrected chi connectivity index (χ3v) is 6.58. The Morgan fingerprint density at radius 2 is 1.78 bits per heavy atom. The molecule has 6 heteroatoms. The summed E-state index contributed by atoms with van der Waals surface area (Å²) in [7, 11) is -3.86. The molecule has 27 heavy (non-hydrogen) atoms. The minimum atomic E-state index is -3.86. The van der Waals surface area contributed by atoms with Crippen LogP contribution in [0.5, 0.6) is 0 Å². The number of nitrogens with zero attached hydrogens (tertiary/aromatic N) is 2. The van der Waals surface area contributed by atoms with E-state index < -0.39 is 9.84 Å². The molecule has 0 bridgehead atoms. The second kappa shape index (κ2) is 7.59. The number of hydrogen-bond acceptors (Lipinski definition) is 4. The molecule has 0 aliphatic rings. The van der Waals surface area contributed by atoms with Crippen molar-refractivity contribution in [2.45, 2.75) is 11.8 Å². The SMILES string of the molecule is [C-]#[N+]/C(=C\c1ccc(-c2sccc2C#N)cc1)S(=O)(=O)c1ccc(C)cc1. The van der Waals surface area contributed by atoms with Crippen LogP contribution in [0.25, 0.3) is 21.4 Å². The quantitative estimate of drug-likeness (QED) is 0.569. The molecule has 0 saturated heterocycles. The minimum absolute atomic E-state index is 0.101. The summed E-state index contributed by atoms with van der Waals surface area (Å²) in [6.45, 7) is 9.18. The summed E-state index contributed by atoms with van der Waals surface area (Å²) in [5.41, 5.74) is 3.04. The molecule has 3 rings (SSSR count). The Balaban J connectivity index is 1.96. The van der Waals surface area contributed by atoms with E-state index in [0.29, 0.717) is 11.1 Å². The average molecular weight is 390 g/mol. The second-order valence-corrected chi connectivity index (χ2v) is 8.62. The third-order valence-electron chi connectivity index (χ3n) is 3.97. The Morgan fingerprint density at radius 3 is 2.37 bits per heavy atom. The molecule has 0 radical (unpaired) electrons. The van der Waals surface area contributed by atoms with Gasteiger partial charge >= 0.3 is 0 Å². The standard InChI is InChI=1S/C21H14N2O2S2/c1-15-3-9-19(10-4-15)27(24,25)20(23-2)13-16-5-7-17(8-6-16)21-18(14-22)11-12-26-21/h3-13H,1H3/b20-13+. The first-order valence-corrected chi connectivity index (χ1v) is 10.3. The van der Waals surface area contributed by atoms with Crippen LogP contribution in [0, 0.1) is 24.8 Å². The first kappa shape index (κ1) is 18.6. The molecule has 1 heterocycles. The molecule has 0 aliphatic carbocycles. The van der Waals surface area contributed by atoms with E-state index >= 15 is 0 Å². The van der Waals surface area contributed by atoms with Gasteiger partial charge in [-0.2, -0.15) is 5.26 Å². The molecular weight excluding hydrogens is 376 g/mol. The Kier molecular flexibility index (Phi) is 5.23. The molecule has 132 valence electrons. The Labute approximate surface area is 162 Å². The summed E-state index contributed by atoms with van der Waals surface area (Å²) in [5.74, 6) is 0. The van der Waals surface area contributed by atoms with Crippen molar-refractivity contribution < 1.29 is 8.42 Å². The maximum Gasteiger partial charge on any atom is 0.283 e. The first-order valence-electron chi connectivity index (χ1n) is 7.94. The number of nitriles is 1. The van der Waals surface area contributed by atoms with Crippen molar-refractivity contribution in [3.05, 3.63) is 93.1 Å². The van der Waals surface area contributed by atoms with Gasteiger partial charge < -0.3 is 0 Å². The van der Waals surface area contributed by atoms with Gasteiger partial charge in [-0.3, -0.25) is 0 Å². The third kappa shape index (κ3) is 3.83. The zero-order chi connectivity index (χ0) is 19.4. The molecule has 0 spiro atoms. The van der Waals surface area contributed by atoms with Gasteiger partial charge in [-0.25, -0.2) is 13.3 Å². The van der Waals surface area contributed by atoms with Gasteiger partial charge in [0.05, 0.1) is 21.9 Å². The van der Waals surface area contributed by atoms with Crippen LogP contribution < -0.4 is 0 Å². The predicted octanol–water partition coefficient (Wildman–Crippen LogP) is 5.29. The molecule has 0 amide bonds. The minimum Gasteiger partial charge on any atom is -0.230 e. The van der Waals surface area contributed by atoms with Gasteiger partial charge in [-0.05, 0) is 47.7 Å². The van der Waals surface area contributed by atoms with Crippen LogP contribution in [-0.2, 0) is 9.84 Å². The highest BCUT2D eigenvalue weighted by molar-refractivity contribution is 7.95. The van der Waals surface area contributed by atoms with E-state index in [4.69, 9.17) is 11.8 Å². The summed E-state index contributed by atoms with van der Waals surface area (Å²) in [6, 6.07) is 17.5. The molecular formula is C21H14N2O2S2. The highest BCUT2D eigenvalue weighted by atomic mass is 32.2. The molecule has 0 fully saturated rings. The zero-order valence-electron chi connectivity index (χ0n) is 14.4. The van der Waals surface area contributed by atoms with Crippen molar-refractivity contribution in [1.29, 1.82) is 5.26 Å². The number of sulfone groups is 1. The maximum atomic E-state index is 12.7. The van der Waals surface area contributed by atoms with Gasteiger partial charge in [0.1, 0.15) is 6.07 Å². The maximum absolute atomic E-state index is 12.7. The molecule has 2 aromatic carbocycles. The second-order valence-electron chi connectivity index (χ2n) is 5.81. The average Bonchev–Trinajstić information content (AvgIpc) is 3.15. The van der Waals surface area contributed by atoms with Crippen LogP contribution in [0.4, 0.5) is 0 Å². The van der Waals surface area contributed by atoms with Crippen molar-refractivity contribution >= 4 is 27.3 Å². The molecule has 1 aromatic heterocycles. The van der Waals surface area contributed by atoms with Crippen LogP contribution in [0.1, 0.15) is 16.7 Å². The molecule has 0 saturated carbocycles. The van der Waals surface area contributed by atoms with Crippen LogP contribution in [0.15, 0.2) is 69.9 Å². The van der Waals surface area contributed by atoms with Gasteiger partial charge in [0.2, 0.25) is 9.84 Å². The highest BCUT2D eigenvalue weighted by Crippen LogP contribution is 2.30. The van der Waals surface area contributed by atoms with E-state index in [1.165, 1.54) is 29.5 Å². The van der Waals surface area contributed by atoms with Gasteiger partial charge in [-0.15, -0.1) is 11.3 Å². The van der Waals surface area contributed by atoms with Gasteiger partial charge in [0, 0.05) is 0 Å². The van der Waals surface area contributed by atoms with Gasteiger partial charge in [0.15, 0.2) is 0 Å². The Bertz CT molecular complexity index is 1190. The van der Waals surface area contributed by atoms with Crippen molar-refractivity contribution in [2.75, 3.05) is 0 Å². The van der Waals surface area contributed by atoms with Crippen LogP contribution in [0.2, 0.25) is 0 Å². The van der Waals surface area contributed by atoms with E-state index in [9.17, 15) is 8.42 Å². The molecule has 0 atom stereocenters. The number of rotatable bonds is 4. The first-order chi connectivity index (χ1) is 13.0. The van der Waals surface area contributed by atoms with Crippen molar-refractivity contribution in [1.82, 2.24) is 0 Å². The van der Waals surface area contributed by atoms with E-state index in [-0.39, 0.29) is 9.92 Å². The lowest BCUT2D eigenvalue weighted by Crippen LogP contribution is -2.02. The van der Waals surface area contributed by atoms with Crippen molar-refractivity contribution in [3.63, 3.8) is 0 Å². The summed E-state index contributed by atoms with van der Waals surface area (Å²) in [5, 5.41) is 10.7. The van der Waals surface area contributed by atoms with Gasteiger partial charge in [0.25, 0.3) is 5.03 Å². The van der Waals surface area contributed by atoms with Crippen LogP contribution in [0.3, 0.4) is 0 Å². The van der Waals surface area contributed by atoms with Gasteiger partial charge in [-0.1, -0.05) is 42.0 Å². The lowest BCUT2D eigenvalue weighted by atomic mass is 10.1. The van der Waals surface area contributed by atoms with Crippen LogP contribution in [-0.4, -0.2) is 8.42 Å². The fourth-order valence-corrected chi connectivity index (χ4v) is 4.50. The zero-order valence-corrected chi connectivity index (χ0v) is 16.0. The number of aryl methyl sites for hydroxylation is 1. The molecule has 4 nitrogen and oxygen atoms in total. The van der Waals surface area contributed by atoms with E-state index in [1.807, 2.05) is 24.4 Å². The van der Waals surface area contributed by atoms with E-state index in [0.717, 1.165) is 16.0 Å².